The summed E-state index contributed by atoms with van der Waals surface area (Å²) in [6.45, 7) is -0.246. The highest BCUT2D eigenvalue weighted by Crippen LogP contribution is 2.57. The van der Waals surface area contributed by atoms with Crippen molar-refractivity contribution < 1.29 is 28.5 Å². The summed E-state index contributed by atoms with van der Waals surface area (Å²) in [5.41, 5.74) is 0.842. The number of benzene rings is 2. The van der Waals surface area contributed by atoms with Crippen molar-refractivity contribution in [2.75, 3.05) is 27.4 Å². The van der Waals surface area contributed by atoms with Crippen molar-refractivity contribution in [3.05, 3.63) is 54.1 Å². The Morgan fingerprint density at radius 3 is 2.19 bits per heavy atom. The van der Waals surface area contributed by atoms with Gasteiger partial charge in [-0.2, -0.15) is 0 Å². The predicted molar refractivity (Wildman–Crippen MR) is 98.3 cm³/mol. The molecule has 1 aliphatic heterocycles. The van der Waals surface area contributed by atoms with Gasteiger partial charge >= 0.3 is 7.52 Å². The molecule has 0 radical (unpaired) electrons. The summed E-state index contributed by atoms with van der Waals surface area (Å²) in [4.78, 5) is 11.4. The van der Waals surface area contributed by atoms with Gasteiger partial charge in [0.05, 0.1) is 32.1 Å². The minimum Gasteiger partial charge on any atom is -0.549 e. The van der Waals surface area contributed by atoms with E-state index >= 15 is 0 Å². The maximum absolute atomic E-state index is 13.8. The maximum atomic E-state index is 13.8. The Morgan fingerprint density at radius 1 is 1.11 bits per heavy atom. The van der Waals surface area contributed by atoms with Crippen LogP contribution in [-0.4, -0.2) is 38.0 Å². The number of hydrogen-bond donors (Lipinski definition) is 0. The summed E-state index contributed by atoms with van der Waals surface area (Å²) in [5.74, 6) is -0.0103. The molecule has 0 spiro atoms. The van der Waals surface area contributed by atoms with Crippen LogP contribution < -0.4 is 19.9 Å². The topological polar surface area (TPSA) is 88.1 Å². The molecule has 2 atom stereocenters. The second kappa shape index (κ2) is 8.13. The predicted octanol–water partition coefficient (Wildman–Crippen LogP) is 1.74. The first-order valence-electron chi connectivity index (χ1n) is 8.48. The first-order chi connectivity index (χ1) is 13.0. The van der Waals surface area contributed by atoms with Gasteiger partial charge in [0.1, 0.15) is 11.5 Å². The number of hydrogen-bond acceptors (Lipinski definition) is 6. The van der Waals surface area contributed by atoms with Crippen LogP contribution in [0.25, 0.3) is 0 Å². The van der Waals surface area contributed by atoms with E-state index in [1.54, 1.807) is 43.5 Å². The van der Waals surface area contributed by atoms with Crippen molar-refractivity contribution in [1.82, 2.24) is 4.67 Å². The summed E-state index contributed by atoms with van der Waals surface area (Å²) < 4.78 is 31.1. The Hall–Kier alpha value is -2.34. The van der Waals surface area contributed by atoms with Crippen molar-refractivity contribution in [3.63, 3.8) is 0 Å². The van der Waals surface area contributed by atoms with Crippen LogP contribution in [0.1, 0.15) is 18.0 Å². The lowest BCUT2D eigenvalue weighted by atomic mass is 10.0. The molecule has 27 heavy (non-hydrogen) atoms. The zero-order chi connectivity index (χ0) is 19.4. The number of carboxylic acids is 1. The zero-order valence-corrected chi connectivity index (χ0v) is 16.1. The van der Waals surface area contributed by atoms with E-state index in [1.165, 1.54) is 11.8 Å². The van der Waals surface area contributed by atoms with Gasteiger partial charge in [0.15, 0.2) is 0 Å². The van der Waals surface area contributed by atoms with Crippen LogP contribution in [0.4, 0.5) is 0 Å². The van der Waals surface area contributed by atoms with Crippen molar-refractivity contribution in [2.24, 2.45) is 0 Å². The second-order valence-corrected chi connectivity index (χ2v) is 8.43. The van der Waals surface area contributed by atoms with Crippen LogP contribution in [0.15, 0.2) is 48.5 Å². The van der Waals surface area contributed by atoms with Gasteiger partial charge in [0.25, 0.3) is 0 Å². The number of carbonyl (C=O) groups is 1. The first kappa shape index (κ1) is 19.4. The van der Waals surface area contributed by atoms with Gasteiger partial charge in [-0.05, 0) is 48.4 Å². The van der Waals surface area contributed by atoms with E-state index in [9.17, 15) is 14.5 Å². The minimum absolute atomic E-state index is 0.254. The number of aliphatic carboxylic acids is 1. The maximum Gasteiger partial charge on any atom is 0.303 e. The quantitative estimate of drug-likeness (QED) is 0.694. The number of carboxylic acid groups (broad SMARTS) is 1. The fourth-order valence-corrected chi connectivity index (χ4v) is 5.58. The fourth-order valence-electron chi connectivity index (χ4n) is 3.19. The molecule has 144 valence electrons. The van der Waals surface area contributed by atoms with E-state index < -0.39 is 20.0 Å². The molecule has 8 heteroatoms. The molecule has 2 unspecified atom stereocenters. The summed E-state index contributed by atoms with van der Waals surface area (Å²) in [6, 6.07) is 13.5. The van der Waals surface area contributed by atoms with Gasteiger partial charge < -0.3 is 23.9 Å². The van der Waals surface area contributed by atoms with Gasteiger partial charge in [-0.15, -0.1) is 0 Å². The number of ether oxygens (including phenoxy) is 2. The average Bonchev–Trinajstić information content (AvgIpc) is 2.69. The Kier molecular flexibility index (Phi) is 5.85. The zero-order valence-electron chi connectivity index (χ0n) is 15.2. The molecule has 7 nitrogen and oxygen atoms in total. The monoisotopic (exact) mass is 390 g/mol. The summed E-state index contributed by atoms with van der Waals surface area (Å²) >= 11 is 0. The molecular weight excluding hydrogens is 369 g/mol. The van der Waals surface area contributed by atoms with Gasteiger partial charge in [-0.3, -0.25) is 4.57 Å². The first-order valence-corrected chi connectivity index (χ1v) is 10.1. The Balaban J connectivity index is 2.00. The Morgan fingerprint density at radius 2 is 1.67 bits per heavy atom. The molecular formula is C19H21NO6P-. The summed E-state index contributed by atoms with van der Waals surface area (Å²) in [6.07, 6.45) is 0.514. The second-order valence-electron chi connectivity index (χ2n) is 6.10. The van der Waals surface area contributed by atoms with Crippen LogP contribution in [0.5, 0.6) is 11.5 Å². The lowest BCUT2D eigenvalue weighted by molar-refractivity contribution is -0.305. The number of methoxy groups -OCH3 is 2. The van der Waals surface area contributed by atoms with Gasteiger partial charge in [0, 0.05) is 12.6 Å². The van der Waals surface area contributed by atoms with E-state index in [0.29, 0.717) is 23.2 Å². The lowest BCUT2D eigenvalue weighted by Crippen LogP contribution is -2.43. The van der Waals surface area contributed by atoms with E-state index in [4.69, 9.17) is 14.0 Å². The van der Waals surface area contributed by atoms with Crippen LogP contribution in [-0.2, 0) is 13.9 Å². The van der Waals surface area contributed by atoms with Crippen molar-refractivity contribution in [3.8, 4) is 11.5 Å². The molecule has 3 rings (SSSR count). The third kappa shape index (κ3) is 4.00. The van der Waals surface area contributed by atoms with E-state index in [0.717, 1.165) is 5.56 Å². The molecule has 1 saturated heterocycles. The van der Waals surface area contributed by atoms with Crippen molar-refractivity contribution >= 4 is 18.8 Å². The summed E-state index contributed by atoms with van der Waals surface area (Å²) in [7, 11) is -0.464. The minimum atomic E-state index is -3.57. The van der Waals surface area contributed by atoms with Crippen LogP contribution in [0.2, 0.25) is 0 Å². The standard InChI is InChI=1S/C19H22NO6P/c1-24-15-5-3-14(4-6-15)18-11-12-26-27(23,20(18)13-19(21)22)17-9-7-16(25-2)8-10-17/h3-10,18H,11-13H2,1-2H3,(H,21,22)/p-1. The fraction of sp³-hybridized carbons (Fsp3) is 0.316. The Labute approximate surface area is 158 Å². The molecule has 1 heterocycles. The highest BCUT2D eigenvalue weighted by Gasteiger charge is 2.42. The largest absolute Gasteiger partial charge is 0.549 e. The van der Waals surface area contributed by atoms with Crippen LogP contribution >= 0.6 is 7.52 Å². The molecule has 1 aliphatic rings. The Bertz CT molecular complexity index is 836. The molecule has 0 N–H and O–H groups in total. The van der Waals surface area contributed by atoms with Crippen molar-refractivity contribution in [2.45, 2.75) is 12.5 Å². The van der Waals surface area contributed by atoms with E-state index in [2.05, 4.69) is 0 Å². The van der Waals surface area contributed by atoms with Crippen LogP contribution in [0, 0.1) is 0 Å². The molecule has 1 fully saturated rings. The smallest absolute Gasteiger partial charge is 0.303 e. The molecule has 2 aromatic rings. The normalized spacial score (nSPS) is 23.0. The third-order valence-corrected chi connectivity index (χ3v) is 7.13. The average molecular weight is 390 g/mol. The molecule has 2 aromatic carbocycles. The van der Waals surface area contributed by atoms with Gasteiger partial charge in [0.2, 0.25) is 0 Å². The molecule has 0 aromatic heterocycles. The SMILES string of the molecule is COc1ccc(C2CCOP(=O)(c3ccc(OC)cc3)N2CC(=O)[O-])cc1. The molecule has 0 saturated carbocycles. The van der Waals surface area contributed by atoms with Gasteiger partial charge in [-0.25, -0.2) is 4.67 Å². The van der Waals surface area contributed by atoms with Crippen LogP contribution in [0.3, 0.4) is 0 Å². The third-order valence-electron chi connectivity index (χ3n) is 4.55. The van der Waals surface area contributed by atoms with E-state index in [-0.39, 0.29) is 12.6 Å². The van der Waals surface area contributed by atoms with Gasteiger partial charge in [-0.1, -0.05) is 12.1 Å². The number of carbonyl (C=O) groups excluding carboxylic acids is 1. The number of nitrogens with zero attached hydrogens (tertiary/aromatic N) is 1. The highest BCUT2D eigenvalue weighted by molar-refractivity contribution is 7.64. The lowest BCUT2D eigenvalue weighted by Gasteiger charge is -2.41. The summed E-state index contributed by atoms with van der Waals surface area (Å²) in [5, 5.41) is 11.8. The molecule has 0 amide bonds. The molecule has 0 aliphatic carbocycles. The van der Waals surface area contributed by atoms with E-state index in [1.807, 2.05) is 12.1 Å². The van der Waals surface area contributed by atoms with Crippen molar-refractivity contribution in [1.29, 1.82) is 0 Å². The highest BCUT2D eigenvalue weighted by atomic mass is 31.2. The number of rotatable bonds is 6. The molecule has 0 bridgehead atoms.